The minimum Gasteiger partial charge on any atom is -0.481 e. The van der Waals surface area contributed by atoms with Gasteiger partial charge in [-0.25, -0.2) is 9.59 Å². The summed E-state index contributed by atoms with van der Waals surface area (Å²) in [4.78, 5) is 23.3. The molecule has 0 bridgehead atoms. The Morgan fingerprint density at radius 3 is 2.56 bits per heavy atom. The number of fused-ring (bicyclic) bond motifs is 1. The van der Waals surface area contributed by atoms with Gasteiger partial charge in [0.1, 0.15) is 11.3 Å². The Morgan fingerprint density at radius 1 is 1.16 bits per heavy atom. The molecule has 0 amide bonds. The number of rotatable bonds is 5. The van der Waals surface area contributed by atoms with Crippen LogP contribution in [-0.2, 0) is 11.2 Å². The summed E-state index contributed by atoms with van der Waals surface area (Å²) in [7, 11) is 0. The molecule has 0 saturated heterocycles. The van der Waals surface area contributed by atoms with E-state index >= 15 is 0 Å². The van der Waals surface area contributed by atoms with Crippen LogP contribution in [0.1, 0.15) is 22.3 Å². The third-order valence-corrected chi connectivity index (χ3v) is 4.06. The highest BCUT2D eigenvalue weighted by molar-refractivity contribution is 5.88. The maximum atomic E-state index is 12.4. The van der Waals surface area contributed by atoms with Gasteiger partial charge in [0.25, 0.3) is 0 Å². The number of ether oxygens (including phenoxy) is 1. The quantitative estimate of drug-likeness (QED) is 0.721. The molecule has 0 unspecified atom stereocenters. The molecule has 0 aliphatic heterocycles. The highest BCUT2D eigenvalue weighted by Gasteiger charge is 2.17. The van der Waals surface area contributed by atoms with Gasteiger partial charge in [0.15, 0.2) is 6.61 Å². The molecule has 1 aromatic heterocycles. The average molecular weight is 338 g/mol. The summed E-state index contributed by atoms with van der Waals surface area (Å²) < 4.78 is 10.9. The van der Waals surface area contributed by atoms with Gasteiger partial charge >= 0.3 is 11.6 Å². The molecule has 25 heavy (non-hydrogen) atoms. The normalized spacial score (nSPS) is 10.8. The summed E-state index contributed by atoms with van der Waals surface area (Å²) in [5, 5.41) is 9.52. The topological polar surface area (TPSA) is 76.7 Å². The molecule has 0 atom stereocenters. The highest BCUT2D eigenvalue weighted by Crippen LogP contribution is 2.31. The summed E-state index contributed by atoms with van der Waals surface area (Å²) >= 11 is 0. The first-order valence-electron chi connectivity index (χ1n) is 7.91. The van der Waals surface area contributed by atoms with Crippen LogP contribution in [0.4, 0.5) is 0 Å². The van der Waals surface area contributed by atoms with Crippen LogP contribution in [0.2, 0.25) is 0 Å². The Kier molecular flexibility index (Phi) is 4.57. The summed E-state index contributed by atoms with van der Waals surface area (Å²) in [6.45, 7) is 3.21. The van der Waals surface area contributed by atoms with Crippen molar-refractivity contribution in [3.63, 3.8) is 0 Å². The average Bonchev–Trinajstić information content (AvgIpc) is 2.57. The number of aliphatic carboxylic acids is 1. The second-order valence-corrected chi connectivity index (χ2v) is 5.97. The van der Waals surface area contributed by atoms with Crippen molar-refractivity contribution in [1.82, 2.24) is 0 Å². The minimum atomic E-state index is -1.06. The Bertz CT molecular complexity index is 986. The number of carbonyl (C=O) groups is 1. The maximum Gasteiger partial charge on any atom is 0.341 e. The smallest absolute Gasteiger partial charge is 0.341 e. The molecular formula is C20H18O5. The lowest BCUT2D eigenvalue weighted by molar-refractivity contribution is -0.139. The molecule has 1 heterocycles. The second kappa shape index (κ2) is 6.81. The van der Waals surface area contributed by atoms with Gasteiger partial charge in [-0.2, -0.15) is 0 Å². The molecule has 128 valence electrons. The number of carboxylic acid groups (broad SMARTS) is 1. The lowest BCUT2D eigenvalue weighted by Crippen LogP contribution is -2.13. The molecule has 3 aromatic rings. The Balaban J connectivity index is 2.16. The summed E-state index contributed by atoms with van der Waals surface area (Å²) in [5.41, 5.74) is 3.13. The van der Waals surface area contributed by atoms with Crippen LogP contribution in [0.3, 0.4) is 0 Å². The van der Waals surface area contributed by atoms with Gasteiger partial charge in [0.05, 0.1) is 5.39 Å². The molecule has 0 aliphatic rings. The van der Waals surface area contributed by atoms with Gasteiger partial charge in [-0.15, -0.1) is 0 Å². The number of benzene rings is 2. The van der Waals surface area contributed by atoms with Crippen molar-refractivity contribution in [2.24, 2.45) is 0 Å². The van der Waals surface area contributed by atoms with Gasteiger partial charge in [-0.05, 0) is 42.7 Å². The van der Waals surface area contributed by atoms with E-state index in [0.717, 1.165) is 16.7 Å². The fourth-order valence-corrected chi connectivity index (χ4v) is 2.89. The van der Waals surface area contributed by atoms with E-state index in [2.05, 4.69) is 0 Å². The second-order valence-electron chi connectivity index (χ2n) is 5.97. The van der Waals surface area contributed by atoms with Crippen molar-refractivity contribution in [2.45, 2.75) is 20.3 Å². The molecule has 3 rings (SSSR count). The molecule has 5 heteroatoms. The van der Waals surface area contributed by atoms with E-state index in [1.165, 1.54) is 0 Å². The fraction of sp³-hybridized carbons (Fsp3) is 0.200. The predicted molar refractivity (Wildman–Crippen MR) is 94.3 cm³/mol. The van der Waals surface area contributed by atoms with Crippen LogP contribution in [0, 0.1) is 13.8 Å². The number of hydrogen-bond acceptors (Lipinski definition) is 4. The van der Waals surface area contributed by atoms with Gasteiger partial charge in [-0.1, -0.05) is 30.3 Å². The predicted octanol–water partition coefficient (Wildman–Crippen LogP) is 3.46. The van der Waals surface area contributed by atoms with Crippen LogP contribution < -0.4 is 10.4 Å². The summed E-state index contributed by atoms with van der Waals surface area (Å²) in [6.07, 6.45) is 0.442. The summed E-state index contributed by atoms with van der Waals surface area (Å²) in [5.74, 6) is -0.651. The van der Waals surface area contributed by atoms with Crippen LogP contribution in [0.5, 0.6) is 5.75 Å². The fourth-order valence-electron chi connectivity index (χ4n) is 2.89. The van der Waals surface area contributed by atoms with Gasteiger partial charge in [0, 0.05) is 12.0 Å². The van der Waals surface area contributed by atoms with Crippen molar-refractivity contribution in [3.05, 3.63) is 75.1 Å². The minimum absolute atomic E-state index is 0.386. The molecule has 5 nitrogen and oxygen atoms in total. The van der Waals surface area contributed by atoms with Crippen molar-refractivity contribution in [3.8, 4) is 5.75 Å². The van der Waals surface area contributed by atoms with E-state index in [0.29, 0.717) is 28.7 Å². The first kappa shape index (κ1) is 16.8. The summed E-state index contributed by atoms with van der Waals surface area (Å²) in [6, 6.07) is 13.1. The molecular weight excluding hydrogens is 320 g/mol. The van der Waals surface area contributed by atoms with E-state index in [9.17, 15) is 9.59 Å². The SMILES string of the molecule is Cc1cc(OCC(=O)O)c2c(C)c(Cc3ccccc3)c(=O)oc2c1. The van der Waals surface area contributed by atoms with Crippen LogP contribution in [0.25, 0.3) is 11.0 Å². The highest BCUT2D eigenvalue weighted by atomic mass is 16.5. The zero-order valence-electron chi connectivity index (χ0n) is 14.0. The van der Waals surface area contributed by atoms with Crippen molar-refractivity contribution < 1.29 is 19.1 Å². The molecule has 0 aliphatic carbocycles. The van der Waals surface area contributed by atoms with Gasteiger partial charge in [-0.3, -0.25) is 0 Å². The van der Waals surface area contributed by atoms with Crippen LogP contribution in [-0.4, -0.2) is 17.7 Å². The monoisotopic (exact) mass is 338 g/mol. The number of carboxylic acids is 1. The van der Waals surface area contributed by atoms with E-state index in [1.807, 2.05) is 44.2 Å². The van der Waals surface area contributed by atoms with Crippen molar-refractivity contribution >= 4 is 16.9 Å². The Labute approximate surface area is 144 Å². The largest absolute Gasteiger partial charge is 0.481 e. The molecule has 0 saturated carbocycles. The lowest BCUT2D eigenvalue weighted by Gasteiger charge is -2.13. The molecule has 2 aromatic carbocycles. The third-order valence-electron chi connectivity index (χ3n) is 4.06. The lowest BCUT2D eigenvalue weighted by atomic mass is 9.98. The molecule has 0 radical (unpaired) electrons. The van der Waals surface area contributed by atoms with Crippen LogP contribution in [0.15, 0.2) is 51.7 Å². The van der Waals surface area contributed by atoms with E-state index < -0.39 is 12.6 Å². The zero-order valence-corrected chi connectivity index (χ0v) is 14.0. The third kappa shape index (κ3) is 3.55. The van der Waals surface area contributed by atoms with E-state index in [-0.39, 0.29) is 5.63 Å². The van der Waals surface area contributed by atoms with Crippen molar-refractivity contribution in [2.75, 3.05) is 6.61 Å². The standard InChI is InChI=1S/C20H18O5/c1-12-8-16(24-11-18(21)22)19-13(2)15(20(23)25-17(19)9-12)10-14-6-4-3-5-7-14/h3-9H,10-11H2,1-2H3,(H,21,22). The zero-order chi connectivity index (χ0) is 18.0. The van der Waals surface area contributed by atoms with E-state index in [1.54, 1.807) is 12.1 Å². The van der Waals surface area contributed by atoms with Crippen molar-refractivity contribution in [1.29, 1.82) is 0 Å². The molecule has 1 N–H and O–H groups in total. The first-order chi connectivity index (χ1) is 12.0. The molecule has 0 fully saturated rings. The Morgan fingerprint density at radius 2 is 1.88 bits per heavy atom. The maximum absolute atomic E-state index is 12.4. The van der Waals surface area contributed by atoms with Gasteiger partial charge in [0.2, 0.25) is 0 Å². The van der Waals surface area contributed by atoms with E-state index in [4.69, 9.17) is 14.3 Å². The molecule has 0 spiro atoms. The first-order valence-corrected chi connectivity index (χ1v) is 7.91. The van der Waals surface area contributed by atoms with Crippen LogP contribution >= 0.6 is 0 Å². The Hall–Kier alpha value is -3.08. The number of aryl methyl sites for hydroxylation is 2. The number of hydrogen-bond donors (Lipinski definition) is 1. The van der Waals surface area contributed by atoms with Gasteiger partial charge < -0.3 is 14.3 Å².